The second-order valence-corrected chi connectivity index (χ2v) is 7.00. The minimum Gasteiger partial charge on any atom is -0.344 e. The van der Waals surface area contributed by atoms with Crippen LogP contribution in [0.5, 0.6) is 0 Å². The number of hydrogen-bond acceptors (Lipinski definition) is 3. The van der Waals surface area contributed by atoms with E-state index in [-0.39, 0.29) is 11.6 Å². The quantitative estimate of drug-likeness (QED) is 0.763. The molecule has 6 nitrogen and oxygen atoms in total. The normalized spacial score (nSPS) is 20.2. The molecule has 1 aromatic heterocycles. The Morgan fingerprint density at radius 2 is 2.08 bits per heavy atom. The van der Waals surface area contributed by atoms with Crippen molar-refractivity contribution in [1.29, 1.82) is 0 Å². The van der Waals surface area contributed by atoms with Crippen LogP contribution in [0.25, 0.3) is 0 Å². The molecule has 0 spiro atoms. The van der Waals surface area contributed by atoms with Crippen LogP contribution in [-0.2, 0) is 16.6 Å². The number of amides is 2. The number of anilines is 1. The number of halogens is 3. The van der Waals surface area contributed by atoms with Gasteiger partial charge in [-0.2, -0.15) is 5.10 Å². The Balaban J connectivity index is 1.95. The molecule has 9 heteroatoms. The third kappa shape index (κ3) is 3.16. The molecule has 25 heavy (non-hydrogen) atoms. The van der Waals surface area contributed by atoms with Gasteiger partial charge in [-0.25, -0.2) is 4.39 Å². The lowest BCUT2D eigenvalue weighted by atomic mass is 9.89. The minimum atomic E-state index is -1.01. The Morgan fingerprint density at radius 3 is 2.68 bits per heavy atom. The number of nitrogens with zero attached hydrogens (tertiary/aromatic N) is 3. The first kappa shape index (κ1) is 17.9. The molecule has 0 aliphatic carbocycles. The van der Waals surface area contributed by atoms with Gasteiger partial charge < -0.3 is 10.2 Å². The van der Waals surface area contributed by atoms with Crippen LogP contribution >= 0.6 is 27.5 Å². The second-order valence-electron chi connectivity index (χ2n) is 5.89. The molecule has 2 heterocycles. The zero-order valence-corrected chi connectivity index (χ0v) is 15.8. The third-order valence-corrected chi connectivity index (χ3v) is 5.30. The molecular formula is C16H15BrClFN4O2. The highest BCUT2D eigenvalue weighted by atomic mass is 79.9. The first-order valence-corrected chi connectivity index (χ1v) is 8.66. The molecule has 1 aliphatic heterocycles. The van der Waals surface area contributed by atoms with Crippen molar-refractivity contribution in [3.05, 3.63) is 45.4 Å². The van der Waals surface area contributed by atoms with Crippen LogP contribution < -0.4 is 5.32 Å². The van der Waals surface area contributed by atoms with Crippen LogP contribution in [0.2, 0.25) is 5.15 Å². The van der Waals surface area contributed by atoms with E-state index in [2.05, 4.69) is 26.3 Å². The fraction of sp³-hybridized carbons (Fsp3) is 0.312. The number of rotatable bonds is 3. The summed E-state index contributed by atoms with van der Waals surface area (Å²) in [5.41, 5.74) is 0.625. The maximum absolute atomic E-state index is 13.8. The molecule has 1 N–H and O–H groups in total. The number of likely N-dealkylation sites (tertiary alicyclic amines) is 1. The number of hydrogen-bond donors (Lipinski definition) is 1. The number of benzene rings is 1. The molecule has 1 fully saturated rings. The van der Waals surface area contributed by atoms with Gasteiger partial charge in [0.1, 0.15) is 21.5 Å². The molecule has 0 saturated carbocycles. The van der Waals surface area contributed by atoms with E-state index in [1.54, 1.807) is 20.2 Å². The van der Waals surface area contributed by atoms with E-state index in [4.69, 9.17) is 11.6 Å². The number of carbonyl (C=O) groups is 2. The highest BCUT2D eigenvalue weighted by Gasteiger charge is 2.46. The number of nitrogens with one attached hydrogen (secondary N) is 1. The van der Waals surface area contributed by atoms with Crippen molar-refractivity contribution in [2.24, 2.45) is 13.0 Å². The first-order valence-electron chi connectivity index (χ1n) is 7.49. The molecule has 1 aliphatic rings. The second kappa shape index (κ2) is 6.76. The molecule has 2 atom stereocenters. The van der Waals surface area contributed by atoms with E-state index < -0.39 is 23.6 Å². The van der Waals surface area contributed by atoms with Crippen molar-refractivity contribution < 1.29 is 14.0 Å². The van der Waals surface area contributed by atoms with Crippen molar-refractivity contribution in [1.82, 2.24) is 14.7 Å². The Labute approximate surface area is 157 Å². The van der Waals surface area contributed by atoms with Crippen molar-refractivity contribution in [3.63, 3.8) is 0 Å². The van der Waals surface area contributed by atoms with E-state index in [1.165, 1.54) is 27.8 Å². The largest absolute Gasteiger partial charge is 0.344 e. The van der Waals surface area contributed by atoms with Crippen molar-refractivity contribution in [2.75, 3.05) is 18.9 Å². The fourth-order valence-electron chi connectivity index (χ4n) is 3.02. The van der Waals surface area contributed by atoms with Crippen LogP contribution in [-0.4, -0.2) is 40.1 Å². The third-order valence-electron chi connectivity index (χ3n) is 4.27. The molecule has 2 aromatic rings. The smallest absolute Gasteiger partial charge is 0.237 e. The molecule has 1 aromatic carbocycles. The molecule has 2 amide bonds. The Bertz CT molecular complexity index is 857. The van der Waals surface area contributed by atoms with E-state index in [1.807, 2.05) is 0 Å². The standard InChI is InChI=1S/C16H15BrClFN4O2/c1-22-7-8(11-13(17)21-23(2)14(11)18)12(16(22)25)15(24)20-10-6-4-3-5-9(10)19/h3-6,8,12H,7H2,1-2H3,(H,20,24)/t8-,12+/m1/s1. The highest BCUT2D eigenvalue weighted by molar-refractivity contribution is 9.10. The van der Waals surface area contributed by atoms with Crippen LogP contribution in [0.3, 0.4) is 0 Å². The molecule has 132 valence electrons. The topological polar surface area (TPSA) is 67.2 Å². The Morgan fingerprint density at radius 1 is 1.40 bits per heavy atom. The average molecular weight is 430 g/mol. The molecule has 1 saturated heterocycles. The summed E-state index contributed by atoms with van der Waals surface area (Å²) in [5.74, 6) is -2.98. The maximum Gasteiger partial charge on any atom is 0.237 e. The number of aromatic nitrogens is 2. The lowest BCUT2D eigenvalue weighted by Gasteiger charge is -2.16. The van der Waals surface area contributed by atoms with Gasteiger partial charge in [-0.3, -0.25) is 14.3 Å². The van der Waals surface area contributed by atoms with Gasteiger partial charge in [-0.1, -0.05) is 23.7 Å². The van der Waals surface area contributed by atoms with Gasteiger partial charge >= 0.3 is 0 Å². The van der Waals surface area contributed by atoms with E-state index in [0.29, 0.717) is 21.9 Å². The van der Waals surface area contributed by atoms with Crippen molar-refractivity contribution >= 4 is 45.0 Å². The summed E-state index contributed by atoms with van der Waals surface area (Å²) >= 11 is 9.63. The molecule has 0 radical (unpaired) electrons. The average Bonchev–Trinajstić information content (AvgIpc) is 2.98. The minimum absolute atomic E-state index is 0.0324. The summed E-state index contributed by atoms with van der Waals surface area (Å²) in [4.78, 5) is 26.7. The molecule has 0 unspecified atom stereocenters. The first-order chi connectivity index (χ1) is 11.8. The summed E-state index contributed by atoms with van der Waals surface area (Å²) in [7, 11) is 3.29. The summed E-state index contributed by atoms with van der Waals surface area (Å²) in [6.07, 6.45) is 0. The zero-order valence-electron chi connectivity index (χ0n) is 13.5. The highest BCUT2D eigenvalue weighted by Crippen LogP contribution is 2.40. The van der Waals surface area contributed by atoms with Gasteiger partial charge in [0.05, 0.1) is 5.69 Å². The van der Waals surface area contributed by atoms with Crippen LogP contribution in [0.15, 0.2) is 28.9 Å². The van der Waals surface area contributed by atoms with Gasteiger partial charge in [0, 0.05) is 32.1 Å². The SMILES string of the molecule is CN1C[C@H](c2c(Br)nn(C)c2Cl)[C@@H](C(=O)Nc2ccccc2F)C1=O. The lowest BCUT2D eigenvalue weighted by Crippen LogP contribution is -2.33. The van der Waals surface area contributed by atoms with Crippen LogP contribution in [0, 0.1) is 11.7 Å². The van der Waals surface area contributed by atoms with E-state index in [9.17, 15) is 14.0 Å². The summed E-state index contributed by atoms with van der Waals surface area (Å²) < 4.78 is 15.8. The summed E-state index contributed by atoms with van der Waals surface area (Å²) in [6, 6.07) is 5.81. The van der Waals surface area contributed by atoms with E-state index in [0.717, 1.165) is 0 Å². The Kier molecular flexibility index (Phi) is 4.83. The lowest BCUT2D eigenvalue weighted by molar-refractivity contribution is -0.135. The summed E-state index contributed by atoms with van der Waals surface area (Å²) in [5, 5.41) is 7.03. The zero-order chi connectivity index (χ0) is 18.3. The number of aryl methyl sites for hydroxylation is 1. The van der Waals surface area contributed by atoms with Gasteiger partial charge in [0.2, 0.25) is 11.8 Å². The van der Waals surface area contributed by atoms with Gasteiger partial charge in [-0.05, 0) is 28.1 Å². The van der Waals surface area contributed by atoms with Crippen LogP contribution in [0.1, 0.15) is 11.5 Å². The predicted octanol–water partition coefficient (Wildman–Crippen LogP) is 2.79. The van der Waals surface area contributed by atoms with Gasteiger partial charge in [-0.15, -0.1) is 0 Å². The van der Waals surface area contributed by atoms with Crippen LogP contribution in [0.4, 0.5) is 10.1 Å². The molecule has 3 rings (SSSR count). The predicted molar refractivity (Wildman–Crippen MR) is 94.8 cm³/mol. The van der Waals surface area contributed by atoms with E-state index >= 15 is 0 Å². The van der Waals surface area contributed by atoms with Crippen molar-refractivity contribution in [2.45, 2.75) is 5.92 Å². The monoisotopic (exact) mass is 428 g/mol. The molecule has 0 bridgehead atoms. The fourth-order valence-corrected chi connectivity index (χ4v) is 4.12. The number of carbonyl (C=O) groups excluding carboxylic acids is 2. The number of likely N-dealkylation sites (N-methyl/N-ethyl adjacent to an activating group) is 1. The van der Waals surface area contributed by atoms with Crippen molar-refractivity contribution in [3.8, 4) is 0 Å². The Hall–Kier alpha value is -1.93. The summed E-state index contributed by atoms with van der Waals surface area (Å²) in [6.45, 7) is 0.318. The molecular weight excluding hydrogens is 415 g/mol. The maximum atomic E-state index is 13.8. The van der Waals surface area contributed by atoms with Gasteiger partial charge in [0.15, 0.2) is 0 Å². The number of para-hydroxylation sites is 1. The van der Waals surface area contributed by atoms with Gasteiger partial charge in [0.25, 0.3) is 0 Å².